The minimum absolute atomic E-state index is 0.000538. The number of carbonyl (C=O) groups excluding carboxylic acids is 1. The molecule has 3 aromatic carbocycles. The maximum absolute atomic E-state index is 13.7. The number of nitrogens with one attached hydrogen (secondary N) is 1. The van der Waals surface area contributed by atoms with Crippen LogP contribution in [0.25, 0.3) is 0 Å². The smallest absolute Gasteiger partial charge is 0.262 e. The molecule has 0 aromatic heterocycles. The Morgan fingerprint density at radius 1 is 1.07 bits per heavy atom. The van der Waals surface area contributed by atoms with Crippen LogP contribution in [-0.4, -0.2) is 83.1 Å². The second-order valence-corrected chi connectivity index (χ2v) is 14.5. The first-order chi connectivity index (χ1) is 20.3. The van der Waals surface area contributed by atoms with Crippen LogP contribution in [0.5, 0.6) is 11.5 Å². The maximum atomic E-state index is 13.7. The van der Waals surface area contributed by atoms with Crippen LogP contribution in [0.15, 0.2) is 76.5 Å². The summed E-state index contributed by atoms with van der Waals surface area (Å²) in [4.78, 5) is 15.2. The van der Waals surface area contributed by atoms with Crippen molar-refractivity contribution in [3.05, 3.63) is 77.3 Å². The minimum Gasteiger partial charge on any atom is -0.497 e. The highest BCUT2D eigenvalue weighted by atomic mass is 35.5. The van der Waals surface area contributed by atoms with E-state index in [2.05, 4.69) is 4.72 Å². The number of rotatable bonds is 10. The third kappa shape index (κ3) is 7.07. The second kappa shape index (κ2) is 13.1. The minimum atomic E-state index is -4.13. The number of aliphatic hydroxyl groups excluding tert-OH is 1. The van der Waals surface area contributed by atoms with Crippen molar-refractivity contribution in [3.8, 4) is 11.5 Å². The van der Waals surface area contributed by atoms with E-state index in [-0.39, 0.29) is 46.5 Å². The first kappa shape index (κ1) is 32.6. The fraction of sp³-hybridized carbons (Fsp3) is 0.345. The van der Waals surface area contributed by atoms with Crippen LogP contribution >= 0.6 is 11.6 Å². The van der Waals surface area contributed by atoms with Gasteiger partial charge in [-0.15, -0.1) is 0 Å². The first-order valence-corrected chi connectivity index (χ1v) is 16.7. The summed E-state index contributed by atoms with van der Waals surface area (Å²) in [7, 11) is -5.20. The molecule has 0 unspecified atom stereocenters. The standard InChI is InChI=1S/C29H34ClN3O8S2/c1-19-16-33(20(2)18-34)29(35)25-6-5-7-26(31-42(36,37)23-14-10-22(40-4)11-15-23)28(25)41-27(19)17-32(3)43(38,39)24-12-8-21(30)9-13-24/h5-15,19-20,27,31,34H,16-18H2,1-4H3/t19-,20-,27-/m0/s1. The summed E-state index contributed by atoms with van der Waals surface area (Å²) in [6, 6.07) is 15.5. The van der Waals surface area contributed by atoms with Gasteiger partial charge in [-0.05, 0) is 67.6 Å². The Balaban J connectivity index is 1.75. The van der Waals surface area contributed by atoms with E-state index in [1.54, 1.807) is 13.8 Å². The van der Waals surface area contributed by atoms with E-state index < -0.39 is 44.0 Å². The zero-order valence-electron chi connectivity index (χ0n) is 24.1. The molecule has 3 aromatic rings. The molecule has 11 nitrogen and oxygen atoms in total. The van der Waals surface area contributed by atoms with E-state index in [4.69, 9.17) is 21.1 Å². The fourth-order valence-corrected chi connectivity index (χ4v) is 7.01. The summed E-state index contributed by atoms with van der Waals surface area (Å²) in [6.07, 6.45) is -0.820. The highest BCUT2D eigenvalue weighted by Crippen LogP contribution is 2.36. The average Bonchev–Trinajstić information content (AvgIpc) is 2.98. The molecule has 4 rings (SSSR count). The average molecular weight is 652 g/mol. The topological polar surface area (TPSA) is 143 Å². The molecule has 0 fully saturated rings. The van der Waals surface area contributed by atoms with E-state index in [1.165, 1.54) is 85.8 Å². The van der Waals surface area contributed by atoms with Gasteiger partial charge in [-0.2, -0.15) is 4.31 Å². The number of fused-ring (bicyclic) bond motifs is 1. The summed E-state index contributed by atoms with van der Waals surface area (Å²) in [5.41, 5.74) is 0.0657. The number of aliphatic hydroxyl groups is 1. The van der Waals surface area contributed by atoms with E-state index >= 15 is 0 Å². The fourth-order valence-electron chi connectivity index (χ4n) is 4.64. The predicted octanol–water partition coefficient (Wildman–Crippen LogP) is 3.69. The molecule has 0 saturated heterocycles. The predicted molar refractivity (Wildman–Crippen MR) is 163 cm³/mol. The number of nitrogens with zero attached hydrogens (tertiary/aromatic N) is 2. The van der Waals surface area contributed by atoms with E-state index in [0.29, 0.717) is 10.8 Å². The van der Waals surface area contributed by atoms with Crippen molar-refractivity contribution in [2.75, 3.05) is 38.6 Å². The molecule has 1 aliphatic heterocycles. The van der Waals surface area contributed by atoms with Gasteiger partial charge in [0.25, 0.3) is 15.9 Å². The third-order valence-electron chi connectivity index (χ3n) is 7.26. The van der Waals surface area contributed by atoms with Crippen molar-refractivity contribution in [2.45, 2.75) is 35.8 Å². The summed E-state index contributed by atoms with van der Waals surface area (Å²) < 4.78 is 68.6. The Morgan fingerprint density at radius 2 is 1.70 bits per heavy atom. The number of hydrogen-bond donors (Lipinski definition) is 2. The Morgan fingerprint density at radius 3 is 2.30 bits per heavy atom. The molecule has 14 heteroatoms. The molecular formula is C29H34ClN3O8S2. The first-order valence-electron chi connectivity index (χ1n) is 13.4. The molecule has 0 bridgehead atoms. The van der Waals surface area contributed by atoms with E-state index in [0.717, 1.165) is 4.31 Å². The number of amides is 1. The van der Waals surface area contributed by atoms with Gasteiger partial charge in [-0.3, -0.25) is 9.52 Å². The van der Waals surface area contributed by atoms with Gasteiger partial charge in [0.2, 0.25) is 10.0 Å². The number of benzene rings is 3. The maximum Gasteiger partial charge on any atom is 0.262 e. The number of para-hydroxylation sites is 1. The Labute approximate surface area is 257 Å². The lowest BCUT2D eigenvalue weighted by Crippen LogP contribution is -2.50. The molecule has 43 heavy (non-hydrogen) atoms. The SMILES string of the molecule is COc1ccc(S(=O)(=O)Nc2cccc3c2O[C@@H](CN(C)S(=O)(=O)c2ccc(Cl)cc2)[C@@H](C)CN([C@@H](C)CO)C3=O)cc1. The van der Waals surface area contributed by atoms with E-state index in [9.17, 15) is 26.7 Å². The number of likely N-dealkylation sites (N-methyl/N-ethyl adjacent to an activating group) is 1. The number of ether oxygens (including phenoxy) is 2. The summed E-state index contributed by atoms with van der Waals surface area (Å²) in [5, 5.41) is 10.3. The normalized spacial score (nSPS) is 18.3. The molecule has 0 radical (unpaired) electrons. The third-order valence-corrected chi connectivity index (χ3v) is 10.7. The van der Waals surface area contributed by atoms with Crippen LogP contribution in [0.2, 0.25) is 5.02 Å². The monoisotopic (exact) mass is 651 g/mol. The van der Waals surface area contributed by atoms with Gasteiger partial charge < -0.3 is 19.5 Å². The molecule has 2 N–H and O–H groups in total. The number of halogens is 1. The van der Waals surface area contributed by atoms with Gasteiger partial charge >= 0.3 is 0 Å². The van der Waals surface area contributed by atoms with Gasteiger partial charge in [0.15, 0.2) is 5.75 Å². The second-order valence-electron chi connectivity index (χ2n) is 10.3. The lowest BCUT2D eigenvalue weighted by molar-refractivity contribution is 0.0389. The molecule has 3 atom stereocenters. The number of methoxy groups -OCH3 is 1. The zero-order chi connectivity index (χ0) is 31.5. The van der Waals surface area contributed by atoms with Gasteiger partial charge in [0.05, 0.1) is 47.3 Å². The van der Waals surface area contributed by atoms with Gasteiger partial charge in [-0.25, -0.2) is 16.8 Å². The van der Waals surface area contributed by atoms with Crippen LogP contribution in [0.1, 0.15) is 24.2 Å². The zero-order valence-corrected chi connectivity index (χ0v) is 26.5. The molecule has 0 saturated carbocycles. The highest BCUT2D eigenvalue weighted by Gasteiger charge is 2.36. The Kier molecular flexibility index (Phi) is 9.92. The molecular weight excluding hydrogens is 618 g/mol. The summed E-state index contributed by atoms with van der Waals surface area (Å²) in [6.45, 7) is 3.21. The number of anilines is 1. The van der Waals surface area contributed by atoms with Crippen LogP contribution in [-0.2, 0) is 20.0 Å². The van der Waals surface area contributed by atoms with Crippen molar-refractivity contribution in [1.29, 1.82) is 0 Å². The van der Waals surface area contributed by atoms with Crippen molar-refractivity contribution < 1.29 is 36.2 Å². The Bertz CT molecular complexity index is 1670. The number of carbonyl (C=O) groups is 1. The largest absolute Gasteiger partial charge is 0.497 e. The summed E-state index contributed by atoms with van der Waals surface area (Å²) >= 11 is 5.94. The van der Waals surface area contributed by atoms with E-state index in [1.807, 2.05) is 0 Å². The van der Waals surface area contributed by atoms with Crippen molar-refractivity contribution in [2.24, 2.45) is 5.92 Å². The van der Waals surface area contributed by atoms with Crippen LogP contribution in [0, 0.1) is 5.92 Å². The van der Waals surface area contributed by atoms with Gasteiger partial charge in [0, 0.05) is 24.5 Å². The molecule has 1 heterocycles. The Hall–Kier alpha value is -3.36. The molecule has 0 spiro atoms. The summed E-state index contributed by atoms with van der Waals surface area (Å²) in [5.74, 6) is -0.464. The van der Waals surface area contributed by atoms with Crippen molar-refractivity contribution in [3.63, 3.8) is 0 Å². The van der Waals surface area contributed by atoms with Crippen molar-refractivity contribution in [1.82, 2.24) is 9.21 Å². The quantitative estimate of drug-likeness (QED) is 0.338. The highest BCUT2D eigenvalue weighted by molar-refractivity contribution is 7.92. The van der Waals surface area contributed by atoms with Gasteiger partial charge in [0.1, 0.15) is 11.9 Å². The van der Waals surface area contributed by atoms with Crippen LogP contribution < -0.4 is 14.2 Å². The lowest BCUT2D eigenvalue weighted by atomic mass is 9.99. The van der Waals surface area contributed by atoms with Gasteiger partial charge in [-0.1, -0.05) is 24.6 Å². The molecule has 0 aliphatic carbocycles. The molecule has 1 aliphatic rings. The van der Waals surface area contributed by atoms with Crippen LogP contribution in [0.3, 0.4) is 0 Å². The molecule has 1 amide bonds. The molecule has 232 valence electrons. The van der Waals surface area contributed by atoms with Crippen molar-refractivity contribution >= 4 is 43.2 Å². The van der Waals surface area contributed by atoms with Crippen LogP contribution in [0.4, 0.5) is 5.69 Å². The lowest BCUT2D eigenvalue weighted by Gasteiger charge is -2.38. The number of sulfonamides is 2. The number of hydrogen-bond acceptors (Lipinski definition) is 8.